The number of anilines is 1. The van der Waals surface area contributed by atoms with Crippen LogP contribution >= 0.6 is 11.6 Å². The Kier molecular flexibility index (Phi) is 6.66. The van der Waals surface area contributed by atoms with Crippen molar-refractivity contribution in [2.24, 2.45) is 0 Å². The summed E-state index contributed by atoms with van der Waals surface area (Å²) in [6.07, 6.45) is 0. The Morgan fingerprint density at radius 1 is 1.21 bits per heavy atom. The fourth-order valence-corrected chi connectivity index (χ4v) is 4.21. The Bertz CT molecular complexity index is 1190. The average molecular weight is 475 g/mol. The molecule has 10 nitrogen and oxygen atoms in total. The van der Waals surface area contributed by atoms with Crippen LogP contribution in [0.25, 0.3) is 10.9 Å². The van der Waals surface area contributed by atoms with Gasteiger partial charge in [-0.15, -0.1) is 11.6 Å². The molecule has 0 radical (unpaired) electrons. The lowest BCUT2D eigenvalue weighted by atomic mass is 10.0. The standard InChI is InChI=1S/C22H23ClN4O6/c23-8-14-9-26(20-7-16(27(32)33)3-4-17(14)20)22(31)19-5-12-1-2-13(6-18(12)25-19)21(30)24-15(10-28)11-29/h1-7,14-15,25,27-29,32H,8-11H2,(H,24,30). The van der Waals surface area contributed by atoms with E-state index in [9.17, 15) is 20.0 Å². The second kappa shape index (κ2) is 9.48. The Labute approximate surface area is 193 Å². The summed E-state index contributed by atoms with van der Waals surface area (Å²) in [6.45, 7) is -0.459. The fourth-order valence-electron chi connectivity index (χ4n) is 3.94. The summed E-state index contributed by atoms with van der Waals surface area (Å²) < 4.78 is 0. The van der Waals surface area contributed by atoms with Crippen LogP contribution in [0.4, 0.5) is 11.4 Å². The molecule has 1 aliphatic heterocycles. The second-order valence-electron chi connectivity index (χ2n) is 7.87. The summed E-state index contributed by atoms with van der Waals surface area (Å²) >= 11 is 6.09. The third kappa shape index (κ3) is 4.44. The number of fused-ring (bicyclic) bond motifs is 2. The van der Waals surface area contributed by atoms with E-state index in [0.717, 1.165) is 5.56 Å². The molecule has 1 aliphatic rings. The quantitative estimate of drug-likeness (QED) is 0.218. The van der Waals surface area contributed by atoms with Crippen molar-refractivity contribution >= 4 is 45.7 Å². The van der Waals surface area contributed by atoms with Gasteiger partial charge >= 0.3 is 0 Å². The molecule has 0 fully saturated rings. The molecule has 0 saturated heterocycles. The lowest BCUT2D eigenvalue weighted by Gasteiger charge is -2.18. The van der Waals surface area contributed by atoms with E-state index in [0.29, 0.717) is 28.7 Å². The zero-order valence-corrected chi connectivity index (χ0v) is 18.2. The molecule has 2 unspecified atom stereocenters. The number of carbonyl (C=O) groups is 2. The molecule has 1 aromatic heterocycles. The SMILES string of the molecule is O=C(NC(CO)CO)c1ccc2cc(C(=O)N3CC(CCl)c4ccc([NH+]([O-])O)cc43)[nH]c2c1. The van der Waals surface area contributed by atoms with E-state index in [4.69, 9.17) is 21.8 Å². The average Bonchev–Trinajstić information content (AvgIpc) is 3.42. The molecule has 0 aliphatic carbocycles. The molecule has 0 bridgehead atoms. The smallest absolute Gasteiger partial charge is 0.274 e. The number of rotatable bonds is 7. The number of benzene rings is 2. The number of halogens is 1. The summed E-state index contributed by atoms with van der Waals surface area (Å²) in [7, 11) is 0. The summed E-state index contributed by atoms with van der Waals surface area (Å²) in [6, 6.07) is 10.4. The maximum Gasteiger partial charge on any atom is 0.274 e. The monoisotopic (exact) mass is 474 g/mol. The minimum atomic E-state index is -1.08. The van der Waals surface area contributed by atoms with Gasteiger partial charge in [-0.25, -0.2) is 5.21 Å². The van der Waals surface area contributed by atoms with Crippen molar-refractivity contribution < 1.29 is 30.2 Å². The molecule has 0 saturated carbocycles. The first-order chi connectivity index (χ1) is 15.9. The number of quaternary nitrogens is 1. The normalized spacial score (nSPS) is 16.3. The third-order valence-corrected chi connectivity index (χ3v) is 6.11. The molecular weight excluding hydrogens is 452 g/mol. The van der Waals surface area contributed by atoms with Crippen LogP contribution in [0.2, 0.25) is 0 Å². The van der Waals surface area contributed by atoms with Gasteiger partial charge in [0.1, 0.15) is 5.69 Å². The number of aliphatic hydroxyl groups excluding tert-OH is 2. The molecular formula is C22H23ClN4O6. The largest absolute Gasteiger partial charge is 0.595 e. The van der Waals surface area contributed by atoms with Crippen molar-refractivity contribution in [1.82, 2.24) is 10.3 Å². The summed E-state index contributed by atoms with van der Waals surface area (Å²) in [4.78, 5) is 30.3. The number of hydrogen-bond acceptors (Lipinski definition) is 6. The third-order valence-electron chi connectivity index (χ3n) is 5.73. The first-order valence-electron chi connectivity index (χ1n) is 10.3. The van der Waals surface area contributed by atoms with Crippen LogP contribution < -0.4 is 15.4 Å². The first kappa shape index (κ1) is 23.2. The van der Waals surface area contributed by atoms with E-state index in [1.54, 1.807) is 30.3 Å². The van der Waals surface area contributed by atoms with Crippen molar-refractivity contribution in [3.8, 4) is 0 Å². The molecule has 3 aromatic rings. The predicted molar refractivity (Wildman–Crippen MR) is 121 cm³/mol. The first-order valence-corrected chi connectivity index (χ1v) is 10.8. The molecule has 174 valence electrons. The zero-order chi connectivity index (χ0) is 23.7. The van der Waals surface area contributed by atoms with Gasteiger partial charge in [-0.2, -0.15) is 5.23 Å². The van der Waals surface area contributed by atoms with E-state index in [-0.39, 0.29) is 29.1 Å². The molecule has 2 aromatic carbocycles. The molecule has 4 rings (SSSR count). The highest BCUT2D eigenvalue weighted by atomic mass is 35.5. The highest BCUT2D eigenvalue weighted by molar-refractivity contribution is 6.19. The van der Waals surface area contributed by atoms with Gasteiger partial charge in [-0.05, 0) is 23.8 Å². The summed E-state index contributed by atoms with van der Waals surface area (Å²) in [5.41, 5.74) is 2.56. The Morgan fingerprint density at radius 3 is 2.64 bits per heavy atom. The lowest BCUT2D eigenvalue weighted by Crippen LogP contribution is -2.99. The van der Waals surface area contributed by atoms with E-state index < -0.39 is 30.4 Å². The van der Waals surface area contributed by atoms with Crippen LogP contribution in [0.1, 0.15) is 32.3 Å². The lowest BCUT2D eigenvalue weighted by molar-refractivity contribution is -0.991. The number of aromatic amines is 1. The maximum atomic E-state index is 13.3. The van der Waals surface area contributed by atoms with Crippen molar-refractivity contribution in [3.05, 3.63) is 64.5 Å². The number of hydrogen-bond donors (Lipinski definition) is 6. The minimum Gasteiger partial charge on any atom is -0.595 e. The van der Waals surface area contributed by atoms with Gasteiger partial charge in [0, 0.05) is 46.9 Å². The van der Waals surface area contributed by atoms with Gasteiger partial charge in [0.2, 0.25) is 0 Å². The van der Waals surface area contributed by atoms with Crippen LogP contribution in [0, 0.1) is 5.21 Å². The van der Waals surface area contributed by atoms with Crippen LogP contribution in [0.5, 0.6) is 0 Å². The maximum absolute atomic E-state index is 13.3. The molecule has 6 N–H and O–H groups in total. The van der Waals surface area contributed by atoms with Crippen LogP contribution in [-0.4, -0.2) is 63.9 Å². The number of aliphatic hydroxyl groups is 2. The second-order valence-corrected chi connectivity index (χ2v) is 8.17. The van der Waals surface area contributed by atoms with E-state index >= 15 is 0 Å². The molecule has 2 atom stereocenters. The van der Waals surface area contributed by atoms with Gasteiger partial charge in [0.05, 0.1) is 24.9 Å². The van der Waals surface area contributed by atoms with E-state index in [2.05, 4.69) is 10.3 Å². The molecule has 2 amide bonds. The van der Waals surface area contributed by atoms with Crippen molar-refractivity contribution in [3.63, 3.8) is 0 Å². The Morgan fingerprint density at radius 2 is 1.97 bits per heavy atom. The number of carbonyl (C=O) groups excluding carboxylic acids is 2. The van der Waals surface area contributed by atoms with Gasteiger partial charge < -0.3 is 30.6 Å². The minimum absolute atomic E-state index is 0.0816. The highest BCUT2D eigenvalue weighted by Crippen LogP contribution is 2.39. The fraction of sp³-hybridized carbons (Fsp3) is 0.273. The zero-order valence-electron chi connectivity index (χ0n) is 17.4. The van der Waals surface area contributed by atoms with Crippen molar-refractivity contribution in [2.45, 2.75) is 12.0 Å². The van der Waals surface area contributed by atoms with Gasteiger partial charge in [-0.3, -0.25) is 9.59 Å². The Balaban J connectivity index is 1.63. The molecule has 2 heterocycles. The van der Waals surface area contributed by atoms with Gasteiger partial charge in [0.15, 0.2) is 5.69 Å². The number of alkyl halides is 1. The van der Waals surface area contributed by atoms with Crippen LogP contribution in [-0.2, 0) is 0 Å². The number of amides is 2. The molecule has 0 spiro atoms. The van der Waals surface area contributed by atoms with Gasteiger partial charge in [-0.1, -0.05) is 12.1 Å². The van der Waals surface area contributed by atoms with Gasteiger partial charge in [0.25, 0.3) is 11.8 Å². The van der Waals surface area contributed by atoms with E-state index in [1.165, 1.54) is 17.0 Å². The van der Waals surface area contributed by atoms with Crippen molar-refractivity contribution in [2.75, 3.05) is 30.5 Å². The molecule has 33 heavy (non-hydrogen) atoms. The number of nitrogens with one attached hydrogen (secondary N) is 3. The van der Waals surface area contributed by atoms with Crippen LogP contribution in [0.15, 0.2) is 42.5 Å². The predicted octanol–water partition coefficient (Wildman–Crippen LogP) is 0.637. The number of nitrogens with zero attached hydrogens (tertiary/aromatic N) is 1. The Hall–Kier alpha value is -2.99. The van der Waals surface area contributed by atoms with Crippen molar-refractivity contribution in [1.29, 1.82) is 0 Å². The highest BCUT2D eigenvalue weighted by Gasteiger charge is 2.34. The number of H-pyrrole nitrogens is 1. The topological polar surface area (TPSA) is 153 Å². The molecule has 11 heteroatoms. The van der Waals surface area contributed by atoms with Crippen LogP contribution in [0.3, 0.4) is 0 Å². The number of aromatic nitrogens is 1. The summed E-state index contributed by atoms with van der Waals surface area (Å²) in [5.74, 6) is -0.627. The summed E-state index contributed by atoms with van der Waals surface area (Å²) in [5, 5.41) is 41.2. The van der Waals surface area contributed by atoms with E-state index in [1.807, 2.05) is 0 Å².